The normalized spacial score (nSPS) is 27.4. The van der Waals surface area contributed by atoms with E-state index in [0.29, 0.717) is 17.7 Å². The zero-order valence-electron chi connectivity index (χ0n) is 12.8. The van der Waals surface area contributed by atoms with Crippen LogP contribution >= 0.6 is 11.6 Å². The van der Waals surface area contributed by atoms with Crippen molar-refractivity contribution in [3.8, 4) is 0 Å². The van der Waals surface area contributed by atoms with Gasteiger partial charge in [0.1, 0.15) is 11.6 Å². The molecule has 0 amide bonds. The average Bonchev–Trinajstić information content (AvgIpc) is 2.93. The molecule has 0 aliphatic carbocycles. The summed E-state index contributed by atoms with van der Waals surface area (Å²) in [4.78, 5) is 4.57. The Bertz CT molecular complexity index is 697. The Labute approximate surface area is 129 Å². The summed E-state index contributed by atoms with van der Waals surface area (Å²) in [5.74, 6) is 0.540. The van der Waals surface area contributed by atoms with Gasteiger partial charge in [-0.1, -0.05) is 0 Å². The number of imidazole rings is 1. The number of ether oxygens (including phenoxy) is 1. The molecule has 3 rings (SSSR count). The van der Waals surface area contributed by atoms with Crippen molar-refractivity contribution in [2.45, 2.75) is 51.1 Å². The molecule has 2 heterocycles. The summed E-state index contributed by atoms with van der Waals surface area (Å²) in [5, 5.41) is -0.245. The van der Waals surface area contributed by atoms with Crippen LogP contribution in [0.15, 0.2) is 12.1 Å². The predicted molar refractivity (Wildman–Crippen MR) is 82.4 cm³/mol. The van der Waals surface area contributed by atoms with Gasteiger partial charge in [0, 0.05) is 12.7 Å². The van der Waals surface area contributed by atoms with E-state index in [2.05, 4.69) is 23.4 Å². The van der Waals surface area contributed by atoms with Crippen LogP contribution in [0.5, 0.6) is 0 Å². The van der Waals surface area contributed by atoms with E-state index >= 15 is 0 Å². The number of aromatic nitrogens is 2. The van der Waals surface area contributed by atoms with Crippen molar-refractivity contribution in [3.63, 3.8) is 0 Å². The molecule has 1 fully saturated rings. The van der Waals surface area contributed by atoms with Crippen LogP contribution in [-0.4, -0.2) is 22.3 Å². The van der Waals surface area contributed by atoms with Gasteiger partial charge in [0.2, 0.25) is 0 Å². The topological polar surface area (TPSA) is 27.1 Å². The molecular formula is C16H20ClFN2O. The molecule has 0 radical (unpaired) electrons. The Hall–Kier alpha value is -1.13. The minimum atomic E-state index is -0.245. The van der Waals surface area contributed by atoms with Gasteiger partial charge >= 0.3 is 0 Å². The fraction of sp³-hybridized carbons (Fsp3) is 0.562. The SMILES string of the molecule is Cc1cc2c(cc1F)nc(C(C)Cl)n2C1(C)CCOC1C. The largest absolute Gasteiger partial charge is 0.376 e. The summed E-state index contributed by atoms with van der Waals surface area (Å²) >= 11 is 6.33. The van der Waals surface area contributed by atoms with Gasteiger partial charge in [-0.2, -0.15) is 0 Å². The van der Waals surface area contributed by atoms with Crippen LogP contribution in [0.4, 0.5) is 4.39 Å². The maximum Gasteiger partial charge on any atom is 0.128 e. The second kappa shape index (κ2) is 4.96. The van der Waals surface area contributed by atoms with Gasteiger partial charge in [0.15, 0.2) is 0 Å². The molecule has 3 atom stereocenters. The first-order valence-electron chi connectivity index (χ1n) is 7.29. The van der Waals surface area contributed by atoms with Crippen LogP contribution < -0.4 is 0 Å². The van der Waals surface area contributed by atoms with Gasteiger partial charge in [0.05, 0.1) is 28.1 Å². The maximum absolute atomic E-state index is 13.8. The lowest BCUT2D eigenvalue weighted by Crippen LogP contribution is -2.38. The second-order valence-corrected chi connectivity index (χ2v) is 6.79. The van der Waals surface area contributed by atoms with Crippen LogP contribution in [0.2, 0.25) is 0 Å². The zero-order chi connectivity index (χ0) is 15.4. The first-order chi connectivity index (χ1) is 9.84. The van der Waals surface area contributed by atoms with E-state index in [1.165, 1.54) is 6.07 Å². The molecule has 0 bridgehead atoms. The van der Waals surface area contributed by atoms with E-state index in [4.69, 9.17) is 16.3 Å². The number of hydrogen-bond acceptors (Lipinski definition) is 2. The lowest BCUT2D eigenvalue weighted by Gasteiger charge is -2.32. The summed E-state index contributed by atoms with van der Waals surface area (Å²) in [5.41, 5.74) is 1.99. The highest BCUT2D eigenvalue weighted by molar-refractivity contribution is 6.20. The molecule has 0 spiro atoms. The summed E-state index contributed by atoms with van der Waals surface area (Å²) in [7, 11) is 0. The third-order valence-corrected chi connectivity index (χ3v) is 4.87. The molecule has 5 heteroatoms. The van der Waals surface area contributed by atoms with Crippen molar-refractivity contribution in [3.05, 3.63) is 29.3 Å². The van der Waals surface area contributed by atoms with Crippen molar-refractivity contribution in [1.82, 2.24) is 9.55 Å². The number of benzene rings is 1. The molecule has 1 aliphatic rings. The van der Waals surface area contributed by atoms with Crippen LogP contribution in [0, 0.1) is 12.7 Å². The monoisotopic (exact) mass is 310 g/mol. The molecule has 21 heavy (non-hydrogen) atoms. The van der Waals surface area contributed by atoms with Gasteiger partial charge in [-0.05, 0) is 45.7 Å². The molecule has 1 aliphatic heterocycles. The lowest BCUT2D eigenvalue weighted by molar-refractivity contribution is 0.0763. The quantitative estimate of drug-likeness (QED) is 0.773. The van der Waals surface area contributed by atoms with E-state index in [1.54, 1.807) is 6.92 Å². The molecule has 3 nitrogen and oxygen atoms in total. The molecule has 3 unspecified atom stereocenters. The number of rotatable bonds is 2. The second-order valence-electron chi connectivity index (χ2n) is 6.13. The summed E-state index contributed by atoms with van der Waals surface area (Å²) < 4.78 is 21.8. The Kier molecular flexibility index (Phi) is 3.49. The summed E-state index contributed by atoms with van der Waals surface area (Å²) in [6.45, 7) is 8.61. The maximum atomic E-state index is 13.8. The van der Waals surface area contributed by atoms with E-state index in [1.807, 2.05) is 13.0 Å². The van der Waals surface area contributed by atoms with E-state index in [0.717, 1.165) is 17.8 Å². The van der Waals surface area contributed by atoms with Crippen LogP contribution in [0.3, 0.4) is 0 Å². The molecule has 0 saturated carbocycles. The minimum absolute atomic E-state index is 0.0643. The number of nitrogens with zero attached hydrogens (tertiary/aromatic N) is 2. The van der Waals surface area contributed by atoms with Crippen LogP contribution in [-0.2, 0) is 10.3 Å². The zero-order valence-corrected chi connectivity index (χ0v) is 13.5. The van der Waals surface area contributed by atoms with Crippen molar-refractivity contribution >= 4 is 22.6 Å². The standard InChI is InChI=1S/C16H20ClFN2O/c1-9-7-14-13(8-12(9)18)19-15(10(2)17)20(14)16(4)5-6-21-11(16)3/h7-8,10-11H,5-6H2,1-4H3. The van der Waals surface area contributed by atoms with Gasteiger partial charge in [0.25, 0.3) is 0 Å². The van der Waals surface area contributed by atoms with Crippen LogP contribution in [0.1, 0.15) is 44.0 Å². The molecular weight excluding hydrogens is 291 g/mol. The number of fused-ring (bicyclic) bond motifs is 1. The third kappa shape index (κ3) is 2.16. The van der Waals surface area contributed by atoms with Crippen molar-refractivity contribution < 1.29 is 9.13 Å². The summed E-state index contributed by atoms with van der Waals surface area (Å²) in [6, 6.07) is 3.35. The first-order valence-corrected chi connectivity index (χ1v) is 7.73. The highest BCUT2D eigenvalue weighted by Gasteiger charge is 2.41. The summed E-state index contributed by atoms with van der Waals surface area (Å²) in [6.07, 6.45) is 0.960. The van der Waals surface area contributed by atoms with E-state index in [9.17, 15) is 4.39 Å². The Morgan fingerprint density at radius 2 is 2.24 bits per heavy atom. The molecule has 1 aromatic heterocycles. The van der Waals surface area contributed by atoms with Crippen LogP contribution in [0.25, 0.3) is 11.0 Å². The van der Waals surface area contributed by atoms with E-state index in [-0.39, 0.29) is 22.8 Å². The predicted octanol–water partition coefficient (Wildman–Crippen LogP) is 4.31. The minimum Gasteiger partial charge on any atom is -0.376 e. The third-order valence-electron chi connectivity index (χ3n) is 4.68. The van der Waals surface area contributed by atoms with Gasteiger partial charge < -0.3 is 9.30 Å². The number of alkyl halides is 1. The Morgan fingerprint density at radius 1 is 1.52 bits per heavy atom. The van der Waals surface area contributed by atoms with Crippen molar-refractivity contribution in [1.29, 1.82) is 0 Å². The fourth-order valence-electron chi connectivity index (χ4n) is 3.14. The molecule has 2 aromatic rings. The smallest absolute Gasteiger partial charge is 0.128 e. The number of halogens is 2. The Morgan fingerprint density at radius 3 is 2.81 bits per heavy atom. The average molecular weight is 311 g/mol. The van der Waals surface area contributed by atoms with Gasteiger partial charge in [-0.3, -0.25) is 0 Å². The van der Waals surface area contributed by atoms with E-state index < -0.39 is 0 Å². The van der Waals surface area contributed by atoms with Gasteiger partial charge in [-0.15, -0.1) is 11.6 Å². The first kappa shape index (κ1) is 14.8. The lowest BCUT2D eigenvalue weighted by atomic mass is 9.93. The number of hydrogen-bond donors (Lipinski definition) is 0. The highest BCUT2D eigenvalue weighted by atomic mass is 35.5. The fourth-order valence-corrected chi connectivity index (χ4v) is 3.29. The highest BCUT2D eigenvalue weighted by Crippen LogP contribution is 2.39. The van der Waals surface area contributed by atoms with Crippen molar-refractivity contribution in [2.24, 2.45) is 0 Å². The Balaban J connectivity index is 2.33. The molecule has 1 aromatic carbocycles. The molecule has 114 valence electrons. The molecule has 1 saturated heterocycles. The van der Waals surface area contributed by atoms with Gasteiger partial charge in [-0.25, -0.2) is 9.37 Å². The number of aryl methyl sites for hydroxylation is 1. The van der Waals surface area contributed by atoms with Crippen molar-refractivity contribution in [2.75, 3.05) is 6.61 Å². The molecule has 0 N–H and O–H groups in total.